The second kappa shape index (κ2) is 10.2. The topological polar surface area (TPSA) is 73.9 Å². The predicted molar refractivity (Wildman–Crippen MR) is 109 cm³/mol. The summed E-state index contributed by atoms with van der Waals surface area (Å²) >= 11 is 0. The van der Waals surface area contributed by atoms with Gasteiger partial charge < -0.3 is 19.5 Å². The van der Waals surface area contributed by atoms with Crippen molar-refractivity contribution < 1.29 is 23.8 Å². The number of hydrogen-bond acceptors (Lipinski definition) is 5. The van der Waals surface area contributed by atoms with E-state index in [1.807, 2.05) is 38.1 Å². The van der Waals surface area contributed by atoms with Crippen LogP contribution in [0.15, 0.2) is 48.5 Å². The number of carbonyl (C=O) groups is 2. The molecule has 0 fully saturated rings. The monoisotopic (exact) mass is 383 g/mol. The summed E-state index contributed by atoms with van der Waals surface area (Å²) in [7, 11) is 3.06. The molecule has 0 saturated heterocycles. The van der Waals surface area contributed by atoms with Crippen molar-refractivity contribution in [2.24, 2.45) is 0 Å². The number of anilines is 1. The first-order valence-corrected chi connectivity index (χ1v) is 8.90. The maximum atomic E-state index is 12.1. The van der Waals surface area contributed by atoms with Crippen LogP contribution in [0.1, 0.15) is 30.9 Å². The van der Waals surface area contributed by atoms with Gasteiger partial charge in [-0.05, 0) is 29.7 Å². The third-order valence-corrected chi connectivity index (χ3v) is 4.03. The predicted octanol–water partition coefficient (Wildman–Crippen LogP) is 4.02. The highest BCUT2D eigenvalue weighted by atomic mass is 16.5. The summed E-state index contributed by atoms with van der Waals surface area (Å²) in [5.41, 5.74) is 2.40. The van der Waals surface area contributed by atoms with Gasteiger partial charge in [-0.1, -0.05) is 44.2 Å². The van der Waals surface area contributed by atoms with Crippen molar-refractivity contribution in [2.75, 3.05) is 26.1 Å². The highest BCUT2D eigenvalue weighted by molar-refractivity contribution is 5.95. The SMILES string of the molecule is COc1cccc(/C=C/C(=O)OCC(=O)Nc2ccccc2C(C)C)c1OC. The van der Waals surface area contributed by atoms with E-state index in [2.05, 4.69) is 5.32 Å². The van der Waals surface area contributed by atoms with Gasteiger partial charge in [-0.3, -0.25) is 4.79 Å². The Kier molecular flexibility index (Phi) is 7.63. The minimum Gasteiger partial charge on any atom is -0.493 e. The Morgan fingerprint density at radius 1 is 1.04 bits per heavy atom. The minimum absolute atomic E-state index is 0.264. The summed E-state index contributed by atoms with van der Waals surface area (Å²) in [4.78, 5) is 24.0. The van der Waals surface area contributed by atoms with Crippen LogP contribution in [-0.4, -0.2) is 32.7 Å². The zero-order valence-electron chi connectivity index (χ0n) is 16.5. The van der Waals surface area contributed by atoms with Crippen molar-refractivity contribution in [1.29, 1.82) is 0 Å². The highest BCUT2D eigenvalue weighted by Gasteiger charge is 2.11. The first kappa shape index (κ1) is 21.0. The second-order valence-corrected chi connectivity index (χ2v) is 6.31. The van der Waals surface area contributed by atoms with Crippen LogP contribution in [0.2, 0.25) is 0 Å². The number of nitrogens with one attached hydrogen (secondary N) is 1. The summed E-state index contributed by atoms with van der Waals surface area (Å²) < 4.78 is 15.5. The molecule has 0 atom stereocenters. The molecule has 0 spiro atoms. The number of methoxy groups -OCH3 is 2. The van der Waals surface area contributed by atoms with E-state index in [0.717, 1.165) is 11.3 Å². The van der Waals surface area contributed by atoms with Gasteiger partial charge in [0.1, 0.15) is 0 Å². The van der Waals surface area contributed by atoms with E-state index in [0.29, 0.717) is 17.1 Å². The van der Waals surface area contributed by atoms with Crippen LogP contribution in [0, 0.1) is 0 Å². The average Bonchev–Trinajstić information content (AvgIpc) is 2.70. The number of para-hydroxylation sites is 2. The molecule has 2 aromatic carbocycles. The Bertz CT molecular complexity index is 858. The largest absolute Gasteiger partial charge is 0.493 e. The molecule has 0 aromatic heterocycles. The molecule has 0 radical (unpaired) electrons. The Morgan fingerprint density at radius 2 is 1.79 bits per heavy atom. The zero-order valence-corrected chi connectivity index (χ0v) is 16.5. The van der Waals surface area contributed by atoms with E-state index in [-0.39, 0.29) is 12.5 Å². The van der Waals surface area contributed by atoms with Gasteiger partial charge in [0, 0.05) is 17.3 Å². The lowest BCUT2D eigenvalue weighted by Gasteiger charge is -2.13. The molecule has 28 heavy (non-hydrogen) atoms. The van der Waals surface area contributed by atoms with Crippen LogP contribution < -0.4 is 14.8 Å². The van der Waals surface area contributed by atoms with Crippen LogP contribution >= 0.6 is 0 Å². The number of amides is 1. The van der Waals surface area contributed by atoms with Crippen molar-refractivity contribution in [3.8, 4) is 11.5 Å². The number of carbonyl (C=O) groups excluding carboxylic acids is 2. The van der Waals surface area contributed by atoms with Crippen LogP contribution in [0.25, 0.3) is 6.08 Å². The summed E-state index contributed by atoms with van der Waals surface area (Å²) in [5, 5.41) is 2.78. The smallest absolute Gasteiger partial charge is 0.331 e. The summed E-state index contributed by atoms with van der Waals surface area (Å²) in [6, 6.07) is 12.9. The van der Waals surface area contributed by atoms with E-state index in [9.17, 15) is 9.59 Å². The standard InChI is InChI=1S/C22H25NO5/c1-15(2)17-9-5-6-10-18(17)23-20(24)14-28-21(25)13-12-16-8-7-11-19(26-3)22(16)27-4/h5-13,15H,14H2,1-4H3,(H,23,24)/b13-12+. The van der Waals surface area contributed by atoms with Gasteiger partial charge in [0.05, 0.1) is 14.2 Å². The van der Waals surface area contributed by atoms with Crippen LogP contribution in [-0.2, 0) is 14.3 Å². The average molecular weight is 383 g/mol. The maximum absolute atomic E-state index is 12.1. The van der Waals surface area contributed by atoms with Gasteiger partial charge in [-0.2, -0.15) is 0 Å². The molecule has 148 valence electrons. The first-order valence-electron chi connectivity index (χ1n) is 8.90. The molecule has 0 aliphatic rings. The zero-order chi connectivity index (χ0) is 20.5. The fourth-order valence-corrected chi connectivity index (χ4v) is 2.69. The lowest BCUT2D eigenvalue weighted by atomic mass is 10.0. The van der Waals surface area contributed by atoms with Gasteiger partial charge in [0.15, 0.2) is 18.1 Å². The fraction of sp³-hybridized carbons (Fsp3) is 0.273. The van der Waals surface area contributed by atoms with Gasteiger partial charge in [0.2, 0.25) is 0 Å². The molecule has 0 aliphatic carbocycles. The normalized spacial score (nSPS) is 10.8. The first-order chi connectivity index (χ1) is 13.5. The molecular formula is C22H25NO5. The number of hydrogen-bond donors (Lipinski definition) is 1. The third kappa shape index (κ3) is 5.61. The lowest BCUT2D eigenvalue weighted by Crippen LogP contribution is -2.21. The van der Waals surface area contributed by atoms with Gasteiger partial charge in [0.25, 0.3) is 5.91 Å². The van der Waals surface area contributed by atoms with E-state index in [4.69, 9.17) is 14.2 Å². The fourth-order valence-electron chi connectivity index (χ4n) is 2.69. The van der Waals surface area contributed by atoms with Gasteiger partial charge >= 0.3 is 5.97 Å². The molecule has 0 heterocycles. The van der Waals surface area contributed by atoms with Crippen LogP contribution in [0.5, 0.6) is 11.5 Å². The molecule has 2 aromatic rings. The Hall–Kier alpha value is -3.28. The highest BCUT2D eigenvalue weighted by Crippen LogP contribution is 2.31. The van der Waals surface area contributed by atoms with Crippen molar-refractivity contribution in [2.45, 2.75) is 19.8 Å². The van der Waals surface area contributed by atoms with Crippen LogP contribution in [0.4, 0.5) is 5.69 Å². The summed E-state index contributed by atoms with van der Waals surface area (Å²) in [5.74, 6) is 0.309. The van der Waals surface area contributed by atoms with E-state index < -0.39 is 11.9 Å². The van der Waals surface area contributed by atoms with Crippen molar-refractivity contribution in [3.05, 3.63) is 59.7 Å². The molecule has 0 bridgehead atoms. The maximum Gasteiger partial charge on any atom is 0.331 e. The Balaban J connectivity index is 1.94. The number of esters is 1. The van der Waals surface area contributed by atoms with E-state index >= 15 is 0 Å². The number of ether oxygens (including phenoxy) is 3. The second-order valence-electron chi connectivity index (χ2n) is 6.31. The summed E-state index contributed by atoms with van der Waals surface area (Å²) in [6.45, 7) is 3.72. The molecule has 6 heteroatoms. The van der Waals surface area contributed by atoms with Gasteiger partial charge in [-0.15, -0.1) is 0 Å². The molecule has 0 saturated carbocycles. The number of benzene rings is 2. The molecule has 6 nitrogen and oxygen atoms in total. The molecule has 0 unspecified atom stereocenters. The Labute approximate surface area is 165 Å². The van der Waals surface area contributed by atoms with Crippen molar-refractivity contribution >= 4 is 23.6 Å². The quantitative estimate of drug-likeness (QED) is 0.550. The Morgan fingerprint density at radius 3 is 2.46 bits per heavy atom. The molecule has 1 amide bonds. The third-order valence-electron chi connectivity index (χ3n) is 4.03. The van der Waals surface area contributed by atoms with E-state index in [1.165, 1.54) is 20.3 Å². The minimum atomic E-state index is -0.628. The van der Waals surface area contributed by atoms with Crippen LogP contribution in [0.3, 0.4) is 0 Å². The molecular weight excluding hydrogens is 358 g/mol. The summed E-state index contributed by atoms with van der Waals surface area (Å²) in [6.07, 6.45) is 2.79. The van der Waals surface area contributed by atoms with Crippen molar-refractivity contribution in [3.63, 3.8) is 0 Å². The molecule has 2 rings (SSSR count). The molecule has 0 aliphatic heterocycles. The van der Waals surface area contributed by atoms with E-state index in [1.54, 1.807) is 24.3 Å². The molecule has 1 N–H and O–H groups in total. The number of rotatable bonds is 8. The van der Waals surface area contributed by atoms with Gasteiger partial charge in [-0.25, -0.2) is 4.79 Å². The lowest BCUT2D eigenvalue weighted by molar-refractivity contribution is -0.142. The van der Waals surface area contributed by atoms with Crippen molar-refractivity contribution in [1.82, 2.24) is 0 Å².